The molecule has 4 atom stereocenters. The minimum absolute atomic E-state index is 0.129. The van der Waals surface area contributed by atoms with E-state index in [9.17, 15) is 19.6 Å². The molecule has 0 amide bonds. The standard InChI is InChI=1S/C9H14N3O9P/c13-6-4(3-20-22(17,18)19)21-8(7(6)14)12-2-1-5(11-16)10-9(12)15/h1-2,4,6-8,13-14,16H,3H2,(H,10,11,15)(H2,17,18,19)/t4-,6+,7-,8-/m1/s1. The summed E-state index contributed by atoms with van der Waals surface area (Å²) in [4.78, 5) is 32.4. The van der Waals surface area contributed by atoms with Crippen molar-refractivity contribution >= 4 is 13.6 Å². The summed E-state index contributed by atoms with van der Waals surface area (Å²) < 4.78 is 20.9. The molecular formula is C9H14N3O9P. The number of ether oxygens (including phenoxy) is 1. The zero-order valence-corrected chi connectivity index (χ0v) is 11.8. The summed E-state index contributed by atoms with van der Waals surface area (Å²) in [6.45, 7) is -0.683. The second kappa shape index (κ2) is 6.40. The number of hydrogen-bond acceptors (Lipinski definition) is 9. The molecule has 1 fully saturated rings. The van der Waals surface area contributed by atoms with E-state index in [4.69, 9.17) is 19.7 Å². The molecule has 2 heterocycles. The van der Waals surface area contributed by atoms with Crippen molar-refractivity contribution in [2.45, 2.75) is 24.5 Å². The lowest BCUT2D eigenvalue weighted by Crippen LogP contribution is -2.36. The van der Waals surface area contributed by atoms with Gasteiger partial charge in [0.25, 0.3) is 0 Å². The van der Waals surface area contributed by atoms with E-state index in [2.05, 4.69) is 9.51 Å². The number of aliphatic hydroxyl groups is 2. The number of phosphoric ester groups is 1. The summed E-state index contributed by atoms with van der Waals surface area (Å²) in [6, 6.07) is 1.21. The summed E-state index contributed by atoms with van der Waals surface area (Å²) >= 11 is 0. The van der Waals surface area contributed by atoms with Crippen LogP contribution in [0.1, 0.15) is 6.23 Å². The highest BCUT2D eigenvalue weighted by Crippen LogP contribution is 2.38. The van der Waals surface area contributed by atoms with E-state index in [0.717, 1.165) is 10.8 Å². The van der Waals surface area contributed by atoms with E-state index in [-0.39, 0.29) is 5.82 Å². The van der Waals surface area contributed by atoms with Crippen molar-refractivity contribution in [1.29, 1.82) is 0 Å². The molecule has 1 aliphatic heterocycles. The van der Waals surface area contributed by atoms with Crippen LogP contribution in [-0.2, 0) is 13.8 Å². The fourth-order valence-electron chi connectivity index (χ4n) is 1.94. The molecule has 13 heteroatoms. The maximum absolute atomic E-state index is 11.7. The molecule has 0 aliphatic carbocycles. The summed E-state index contributed by atoms with van der Waals surface area (Å²) in [5, 5.41) is 28.3. The van der Waals surface area contributed by atoms with Gasteiger partial charge in [0.1, 0.15) is 18.3 Å². The molecule has 1 aromatic rings. The van der Waals surface area contributed by atoms with Crippen LogP contribution in [0.4, 0.5) is 5.82 Å². The summed E-state index contributed by atoms with van der Waals surface area (Å²) in [6.07, 6.45) is -4.50. The molecular weight excluding hydrogens is 325 g/mol. The van der Waals surface area contributed by atoms with Crippen LogP contribution in [0.25, 0.3) is 0 Å². The Hall–Kier alpha value is -1.37. The van der Waals surface area contributed by atoms with Gasteiger partial charge in [-0.2, -0.15) is 4.98 Å². The summed E-state index contributed by atoms with van der Waals surface area (Å²) in [5.74, 6) is -0.129. The number of nitrogens with one attached hydrogen (secondary N) is 1. The lowest BCUT2D eigenvalue weighted by atomic mass is 10.1. The fourth-order valence-corrected chi connectivity index (χ4v) is 2.28. The monoisotopic (exact) mass is 339 g/mol. The van der Waals surface area contributed by atoms with Gasteiger partial charge in [0.15, 0.2) is 12.0 Å². The van der Waals surface area contributed by atoms with Crippen molar-refractivity contribution in [2.24, 2.45) is 0 Å². The first kappa shape index (κ1) is 17.0. The molecule has 0 aromatic carbocycles. The first-order chi connectivity index (χ1) is 10.2. The molecule has 0 radical (unpaired) electrons. The van der Waals surface area contributed by atoms with Gasteiger partial charge in [-0.25, -0.2) is 9.36 Å². The van der Waals surface area contributed by atoms with E-state index in [1.54, 1.807) is 5.48 Å². The Balaban J connectivity index is 2.16. The van der Waals surface area contributed by atoms with Crippen molar-refractivity contribution in [3.63, 3.8) is 0 Å². The van der Waals surface area contributed by atoms with Crippen LogP contribution >= 0.6 is 7.82 Å². The van der Waals surface area contributed by atoms with E-state index in [0.29, 0.717) is 0 Å². The van der Waals surface area contributed by atoms with Crippen molar-refractivity contribution in [1.82, 2.24) is 9.55 Å². The van der Waals surface area contributed by atoms with Gasteiger partial charge < -0.3 is 24.7 Å². The number of anilines is 1. The Labute approximate surface area is 122 Å². The summed E-state index contributed by atoms with van der Waals surface area (Å²) in [5.41, 5.74) is 0.785. The normalized spacial score (nSPS) is 28.8. The second-order valence-corrected chi connectivity index (χ2v) is 5.69. The number of aromatic nitrogens is 2. The molecule has 0 saturated carbocycles. The highest BCUT2D eigenvalue weighted by molar-refractivity contribution is 7.46. The van der Waals surface area contributed by atoms with Crippen molar-refractivity contribution in [3.8, 4) is 0 Å². The largest absolute Gasteiger partial charge is 0.469 e. The predicted octanol–water partition coefficient (Wildman–Crippen LogP) is -2.23. The topological polar surface area (TPSA) is 184 Å². The zero-order valence-electron chi connectivity index (χ0n) is 10.9. The highest BCUT2D eigenvalue weighted by Gasteiger charge is 2.44. The molecule has 6 N–H and O–H groups in total. The van der Waals surface area contributed by atoms with E-state index in [1.807, 2.05) is 0 Å². The molecule has 1 saturated heterocycles. The van der Waals surface area contributed by atoms with Gasteiger partial charge in [-0.15, -0.1) is 0 Å². The minimum atomic E-state index is -4.77. The number of nitrogens with zero attached hydrogens (tertiary/aromatic N) is 2. The first-order valence-corrected chi connectivity index (χ1v) is 7.47. The molecule has 2 rings (SSSR count). The number of phosphoric acid groups is 1. The third-order valence-corrected chi connectivity index (χ3v) is 3.45. The van der Waals surface area contributed by atoms with Gasteiger partial charge in [-0.3, -0.25) is 19.8 Å². The van der Waals surface area contributed by atoms with Gasteiger partial charge in [0.2, 0.25) is 0 Å². The van der Waals surface area contributed by atoms with Gasteiger partial charge in [-0.05, 0) is 6.07 Å². The number of aliphatic hydroxyl groups excluding tert-OH is 2. The Morgan fingerprint density at radius 2 is 2.09 bits per heavy atom. The van der Waals surface area contributed by atoms with Crippen molar-refractivity contribution in [3.05, 3.63) is 22.7 Å². The summed E-state index contributed by atoms with van der Waals surface area (Å²) in [7, 11) is -4.77. The molecule has 0 bridgehead atoms. The van der Waals surface area contributed by atoms with Gasteiger partial charge in [0, 0.05) is 6.20 Å². The SMILES string of the molecule is O=c1nc(NO)ccn1[C@@H]1O[C@H](COP(=O)(O)O)[C@H](O)[C@H]1O. The molecule has 22 heavy (non-hydrogen) atoms. The van der Waals surface area contributed by atoms with Crippen LogP contribution in [0.5, 0.6) is 0 Å². The Bertz CT molecular complexity index is 631. The molecule has 0 spiro atoms. The lowest BCUT2D eigenvalue weighted by molar-refractivity contribution is -0.0542. The second-order valence-electron chi connectivity index (χ2n) is 4.45. The van der Waals surface area contributed by atoms with Crippen LogP contribution in [-0.4, -0.2) is 59.7 Å². The predicted molar refractivity (Wildman–Crippen MR) is 67.8 cm³/mol. The number of hydrogen-bond donors (Lipinski definition) is 6. The van der Waals surface area contributed by atoms with Crippen LogP contribution < -0.4 is 11.2 Å². The number of rotatable bonds is 5. The van der Waals surface area contributed by atoms with Crippen LogP contribution in [0.2, 0.25) is 0 Å². The van der Waals surface area contributed by atoms with E-state index >= 15 is 0 Å². The van der Waals surface area contributed by atoms with E-state index < -0.39 is 44.7 Å². The maximum atomic E-state index is 11.7. The highest BCUT2D eigenvalue weighted by atomic mass is 31.2. The third-order valence-electron chi connectivity index (χ3n) is 2.96. The van der Waals surface area contributed by atoms with Crippen LogP contribution in [0, 0.1) is 0 Å². The van der Waals surface area contributed by atoms with Crippen LogP contribution in [0.3, 0.4) is 0 Å². The minimum Gasteiger partial charge on any atom is -0.387 e. The molecule has 0 unspecified atom stereocenters. The van der Waals surface area contributed by atoms with Crippen molar-refractivity contribution < 1.29 is 39.0 Å². The zero-order chi connectivity index (χ0) is 16.5. The van der Waals surface area contributed by atoms with Crippen LogP contribution in [0.15, 0.2) is 17.1 Å². The first-order valence-electron chi connectivity index (χ1n) is 5.94. The van der Waals surface area contributed by atoms with Crippen molar-refractivity contribution in [2.75, 3.05) is 12.1 Å². The van der Waals surface area contributed by atoms with Gasteiger partial charge in [-0.1, -0.05) is 0 Å². The average molecular weight is 339 g/mol. The quantitative estimate of drug-likeness (QED) is 0.252. The molecule has 12 nitrogen and oxygen atoms in total. The van der Waals surface area contributed by atoms with Gasteiger partial charge >= 0.3 is 13.5 Å². The fraction of sp³-hybridized carbons (Fsp3) is 0.556. The third kappa shape index (κ3) is 3.69. The Morgan fingerprint density at radius 1 is 1.41 bits per heavy atom. The maximum Gasteiger partial charge on any atom is 0.469 e. The molecule has 1 aromatic heterocycles. The average Bonchev–Trinajstić information content (AvgIpc) is 2.72. The molecule has 1 aliphatic rings. The van der Waals surface area contributed by atoms with E-state index in [1.165, 1.54) is 6.07 Å². The lowest BCUT2D eigenvalue weighted by Gasteiger charge is -2.17. The Morgan fingerprint density at radius 3 is 2.64 bits per heavy atom. The molecule has 124 valence electrons. The van der Waals surface area contributed by atoms with Gasteiger partial charge in [0.05, 0.1) is 6.61 Å². The Kier molecular flexibility index (Phi) is 4.94. The smallest absolute Gasteiger partial charge is 0.387 e.